The van der Waals surface area contributed by atoms with Crippen molar-refractivity contribution < 1.29 is 4.39 Å². The van der Waals surface area contributed by atoms with Gasteiger partial charge in [0.1, 0.15) is 11.6 Å². The normalized spacial score (nSPS) is 17.7. The Bertz CT molecular complexity index is 1040. The van der Waals surface area contributed by atoms with E-state index in [2.05, 4.69) is 41.1 Å². The largest absolute Gasteiger partial charge is 0.299 e. The second-order valence-electron chi connectivity index (χ2n) is 8.38. The van der Waals surface area contributed by atoms with Gasteiger partial charge in [0.05, 0.1) is 5.69 Å². The van der Waals surface area contributed by atoms with Crippen LogP contribution in [0.5, 0.6) is 0 Å². The molecule has 0 N–H and O–H groups in total. The van der Waals surface area contributed by atoms with E-state index in [0.717, 1.165) is 55.9 Å². The number of likely N-dealkylation sites (tertiary alicyclic amines) is 1. The summed E-state index contributed by atoms with van der Waals surface area (Å²) >= 11 is 0. The van der Waals surface area contributed by atoms with Gasteiger partial charge in [0.25, 0.3) is 0 Å². The molecule has 1 spiro atoms. The van der Waals surface area contributed by atoms with Crippen molar-refractivity contribution in [3.8, 4) is 11.3 Å². The number of hydrogen-bond acceptors (Lipinski definition) is 3. The van der Waals surface area contributed by atoms with E-state index < -0.39 is 0 Å². The molecule has 2 heterocycles. The zero-order valence-corrected chi connectivity index (χ0v) is 16.9. The highest BCUT2D eigenvalue weighted by atomic mass is 19.1. The predicted octanol–water partition coefficient (Wildman–Crippen LogP) is 4.94. The maximum atomic E-state index is 14.1. The average molecular weight is 388 g/mol. The van der Waals surface area contributed by atoms with Crippen molar-refractivity contribution in [2.45, 2.75) is 44.6 Å². The molecule has 0 bridgehead atoms. The number of aryl methyl sites for hydroxylation is 1. The fraction of sp³-hybridized carbons (Fsp3) is 0.360. The molecule has 0 atom stereocenters. The van der Waals surface area contributed by atoms with Crippen LogP contribution in [0.2, 0.25) is 0 Å². The molecule has 1 aromatic heterocycles. The van der Waals surface area contributed by atoms with Crippen molar-refractivity contribution in [2.24, 2.45) is 0 Å². The summed E-state index contributed by atoms with van der Waals surface area (Å²) in [5, 5.41) is 0. The van der Waals surface area contributed by atoms with E-state index in [1.165, 1.54) is 16.7 Å². The Balaban J connectivity index is 1.43. The Morgan fingerprint density at radius 3 is 2.59 bits per heavy atom. The summed E-state index contributed by atoms with van der Waals surface area (Å²) < 4.78 is 14.1. The van der Waals surface area contributed by atoms with Gasteiger partial charge in [-0.1, -0.05) is 49.4 Å². The number of piperidine rings is 1. The minimum absolute atomic E-state index is 0.103. The topological polar surface area (TPSA) is 29.0 Å². The van der Waals surface area contributed by atoms with E-state index >= 15 is 0 Å². The lowest BCUT2D eigenvalue weighted by Gasteiger charge is -2.45. The molecule has 148 valence electrons. The summed E-state index contributed by atoms with van der Waals surface area (Å²) in [5.41, 5.74) is 6.01. The van der Waals surface area contributed by atoms with Crippen molar-refractivity contribution >= 4 is 0 Å². The number of benzene rings is 2. The number of fused-ring (bicyclic) bond motifs is 4. The van der Waals surface area contributed by atoms with Crippen LogP contribution in [0, 0.1) is 5.82 Å². The molecule has 5 rings (SSSR count). The molecule has 0 radical (unpaired) electrons. The minimum atomic E-state index is -0.103. The number of halogens is 1. The summed E-state index contributed by atoms with van der Waals surface area (Å²) in [4.78, 5) is 11.8. The SMILES string of the molecule is CCc1ncc2c(n1)-c1ccccc1C1(CCN(Cc3ccccc3F)CC1)C2. The quantitative estimate of drug-likeness (QED) is 0.638. The second-order valence-corrected chi connectivity index (χ2v) is 8.38. The number of hydrogen-bond donors (Lipinski definition) is 0. The molecule has 4 heteroatoms. The molecular formula is C25H26FN3. The van der Waals surface area contributed by atoms with Gasteiger partial charge in [-0.15, -0.1) is 0 Å². The lowest BCUT2D eigenvalue weighted by Crippen LogP contribution is -2.45. The van der Waals surface area contributed by atoms with Gasteiger partial charge in [-0.05, 0) is 49.5 Å². The Labute approximate surface area is 171 Å². The van der Waals surface area contributed by atoms with Gasteiger partial charge in [-0.25, -0.2) is 14.4 Å². The fourth-order valence-corrected chi connectivity index (χ4v) is 5.04. The van der Waals surface area contributed by atoms with E-state index in [9.17, 15) is 4.39 Å². The molecule has 2 aromatic carbocycles. The monoisotopic (exact) mass is 387 g/mol. The first-order chi connectivity index (χ1) is 14.2. The zero-order valence-electron chi connectivity index (χ0n) is 16.9. The summed E-state index contributed by atoms with van der Waals surface area (Å²) in [6.45, 7) is 4.74. The highest BCUT2D eigenvalue weighted by molar-refractivity contribution is 5.71. The maximum Gasteiger partial charge on any atom is 0.128 e. The molecule has 29 heavy (non-hydrogen) atoms. The van der Waals surface area contributed by atoms with Crippen molar-refractivity contribution in [3.05, 3.63) is 83.1 Å². The molecule has 0 amide bonds. The molecule has 1 saturated heterocycles. The summed E-state index contributed by atoms with van der Waals surface area (Å²) in [7, 11) is 0. The molecule has 0 unspecified atom stereocenters. The van der Waals surface area contributed by atoms with Crippen LogP contribution in [0.1, 0.15) is 42.3 Å². The molecule has 3 aromatic rings. The first kappa shape index (κ1) is 18.4. The predicted molar refractivity (Wildman–Crippen MR) is 113 cm³/mol. The first-order valence-corrected chi connectivity index (χ1v) is 10.6. The van der Waals surface area contributed by atoms with Gasteiger partial charge in [0, 0.05) is 35.7 Å². The number of aromatic nitrogens is 2. The lowest BCUT2D eigenvalue weighted by atomic mass is 9.64. The van der Waals surface area contributed by atoms with Gasteiger partial charge < -0.3 is 0 Å². The van der Waals surface area contributed by atoms with Crippen molar-refractivity contribution in [3.63, 3.8) is 0 Å². The van der Waals surface area contributed by atoms with Gasteiger partial charge in [0.15, 0.2) is 0 Å². The van der Waals surface area contributed by atoms with E-state index in [1.54, 1.807) is 12.1 Å². The van der Waals surface area contributed by atoms with E-state index in [1.807, 2.05) is 18.3 Å². The Morgan fingerprint density at radius 2 is 1.79 bits per heavy atom. The van der Waals surface area contributed by atoms with Gasteiger partial charge in [0.2, 0.25) is 0 Å². The summed E-state index contributed by atoms with van der Waals surface area (Å²) in [6.07, 6.45) is 6.05. The highest BCUT2D eigenvalue weighted by Crippen LogP contribution is 2.47. The molecule has 0 saturated carbocycles. The van der Waals surface area contributed by atoms with Crippen LogP contribution < -0.4 is 0 Å². The van der Waals surface area contributed by atoms with Crippen LogP contribution in [-0.2, 0) is 24.8 Å². The highest BCUT2D eigenvalue weighted by Gasteiger charge is 2.41. The van der Waals surface area contributed by atoms with Gasteiger partial charge in [-0.3, -0.25) is 4.90 Å². The minimum Gasteiger partial charge on any atom is -0.299 e. The van der Waals surface area contributed by atoms with Crippen LogP contribution in [0.15, 0.2) is 54.7 Å². The standard InChI is InChI=1S/C25H26FN3/c1-2-23-27-16-19-15-25(21-9-5-4-8-20(21)24(19)28-23)11-13-29(14-12-25)17-18-7-3-6-10-22(18)26/h3-10,16H,2,11-15,17H2,1H3. The molecule has 3 nitrogen and oxygen atoms in total. The van der Waals surface area contributed by atoms with Crippen molar-refractivity contribution in [2.75, 3.05) is 13.1 Å². The molecule has 2 aliphatic rings. The Morgan fingerprint density at radius 1 is 1.03 bits per heavy atom. The van der Waals surface area contributed by atoms with Crippen LogP contribution in [0.3, 0.4) is 0 Å². The smallest absolute Gasteiger partial charge is 0.128 e. The maximum absolute atomic E-state index is 14.1. The van der Waals surface area contributed by atoms with Crippen LogP contribution in [0.4, 0.5) is 4.39 Å². The third-order valence-corrected chi connectivity index (χ3v) is 6.68. The zero-order chi connectivity index (χ0) is 19.8. The molecular weight excluding hydrogens is 361 g/mol. The fourth-order valence-electron chi connectivity index (χ4n) is 5.04. The molecule has 1 fully saturated rings. The number of rotatable bonds is 3. The van der Waals surface area contributed by atoms with Gasteiger partial charge in [-0.2, -0.15) is 0 Å². The van der Waals surface area contributed by atoms with Crippen molar-refractivity contribution in [1.82, 2.24) is 14.9 Å². The van der Waals surface area contributed by atoms with Crippen LogP contribution in [-0.4, -0.2) is 28.0 Å². The molecule has 1 aliphatic heterocycles. The number of nitrogens with zero attached hydrogens (tertiary/aromatic N) is 3. The van der Waals surface area contributed by atoms with Gasteiger partial charge >= 0.3 is 0 Å². The summed E-state index contributed by atoms with van der Waals surface area (Å²) in [5.74, 6) is 0.808. The Kier molecular flexibility index (Phi) is 4.67. The average Bonchev–Trinajstić information content (AvgIpc) is 2.77. The molecule has 1 aliphatic carbocycles. The van der Waals surface area contributed by atoms with Crippen LogP contribution in [0.25, 0.3) is 11.3 Å². The third-order valence-electron chi connectivity index (χ3n) is 6.68. The Hall–Kier alpha value is -2.59. The second kappa shape index (κ2) is 7.34. The van der Waals surface area contributed by atoms with E-state index in [0.29, 0.717) is 6.54 Å². The van der Waals surface area contributed by atoms with E-state index in [-0.39, 0.29) is 11.2 Å². The van der Waals surface area contributed by atoms with E-state index in [4.69, 9.17) is 4.98 Å². The van der Waals surface area contributed by atoms with Crippen LogP contribution >= 0.6 is 0 Å². The third kappa shape index (κ3) is 3.25. The summed E-state index contributed by atoms with van der Waals surface area (Å²) in [6, 6.07) is 15.9. The lowest BCUT2D eigenvalue weighted by molar-refractivity contribution is 0.149. The van der Waals surface area contributed by atoms with Crippen molar-refractivity contribution in [1.29, 1.82) is 0 Å². The first-order valence-electron chi connectivity index (χ1n) is 10.6.